The first-order chi connectivity index (χ1) is 10.5. The third kappa shape index (κ3) is 3.18. The van der Waals surface area contributed by atoms with Crippen molar-refractivity contribution in [3.05, 3.63) is 34.7 Å². The Morgan fingerprint density at radius 2 is 1.68 bits per heavy atom. The molecule has 3 nitrogen and oxygen atoms in total. The Labute approximate surface area is 137 Å². The van der Waals surface area contributed by atoms with Crippen LogP contribution in [0.3, 0.4) is 0 Å². The molecule has 0 amide bonds. The zero-order valence-electron chi connectivity index (χ0n) is 14.0. The van der Waals surface area contributed by atoms with Gasteiger partial charge in [-0.1, -0.05) is 38.1 Å². The van der Waals surface area contributed by atoms with Gasteiger partial charge in [0.2, 0.25) is 0 Å². The monoisotopic (exact) mass is 315 g/mol. The van der Waals surface area contributed by atoms with Crippen LogP contribution in [0.25, 0.3) is 11.3 Å². The molecule has 0 spiro atoms. The fourth-order valence-electron chi connectivity index (χ4n) is 2.81. The summed E-state index contributed by atoms with van der Waals surface area (Å²) in [6, 6.07) is 8.89. The molecule has 1 aromatic carbocycles. The number of thiazole rings is 1. The van der Waals surface area contributed by atoms with Gasteiger partial charge in [-0.25, -0.2) is 4.98 Å². The lowest BCUT2D eigenvalue weighted by Crippen LogP contribution is -2.44. The first-order valence-electron chi connectivity index (χ1n) is 8.06. The Bertz CT molecular complexity index is 622. The van der Waals surface area contributed by atoms with Crippen molar-refractivity contribution in [2.75, 3.05) is 38.1 Å². The van der Waals surface area contributed by atoms with Crippen molar-refractivity contribution in [2.24, 2.45) is 0 Å². The number of aryl methyl sites for hydroxylation is 1. The maximum Gasteiger partial charge on any atom is 0.186 e. The van der Waals surface area contributed by atoms with E-state index in [4.69, 9.17) is 4.98 Å². The standard InChI is InChI=1S/C18H25N3S/c1-13(2)15-5-7-16(8-6-15)17-14(3)22-18(19-17)21-11-9-20(4)10-12-21/h5-8,13H,9-12H2,1-4H3. The number of benzene rings is 1. The molecular formula is C18H25N3S. The van der Waals surface area contributed by atoms with Crippen LogP contribution in [0.1, 0.15) is 30.2 Å². The average Bonchev–Trinajstić information content (AvgIpc) is 2.90. The Hall–Kier alpha value is -1.39. The van der Waals surface area contributed by atoms with E-state index < -0.39 is 0 Å². The molecule has 0 bridgehead atoms. The molecular weight excluding hydrogens is 290 g/mol. The Morgan fingerprint density at radius 1 is 1.05 bits per heavy atom. The number of likely N-dealkylation sites (N-methyl/N-ethyl adjacent to an activating group) is 1. The van der Waals surface area contributed by atoms with Gasteiger partial charge in [0.1, 0.15) is 0 Å². The highest BCUT2D eigenvalue weighted by Gasteiger charge is 2.19. The second-order valence-electron chi connectivity index (χ2n) is 6.47. The van der Waals surface area contributed by atoms with Crippen molar-refractivity contribution < 1.29 is 0 Å². The number of hydrogen-bond donors (Lipinski definition) is 0. The summed E-state index contributed by atoms with van der Waals surface area (Å²) in [7, 11) is 2.19. The van der Waals surface area contributed by atoms with Crippen molar-refractivity contribution in [2.45, 2.75) is 26.7 Å². The summed E-state index contributed by atoms with van der Waals surface area (Å²) in [6.45, 7) is 11.0. The Kier molecular flexibility index (Phi) is 4.50. The number of piperazine rings is 1. The predicted octanol–water partition coefficient (Wildman–Crippen LogP) is 3.99. The molecule has 0 unspecified atom stereocenters. The second-order valence-corrected chi connectivity index (χ2v) is 7.65. The molecule has 0 atom stereocenters. The maximum absolute atomic E-state index is 4.93. The molecule has 4 heteroatoms. The van der Waals surface area contributed by atoms with Gasteiger partial charge >= 0.3 is 0 Å². The third-order valence-corrected chi connectivity index (χ3v) is 5.44. The van der Waals surface area contributed by atoms with Crippen molar-refractivity contribution in [1.82, 2.24) is 9.88 Å². The molecule has 0 N–H and O–H groups in total. The molecule has 1 aromatic heterocycles. The first kappa shape index (κ1) is 15.5. The highest BCUT2D eigenvalue weighted by atomic mass is 32.1. The van der Waals surface area contributed by atoms with E-state index in [-0.39, 0.29) is 0 Å². The minimum absolute atomic E-state index is 0.575. The minimum Gasteiger partial charge on any atom is -0.346 e. The molecule has 2 heterocycles. The number of anilines is 1. The summed E-state index contributed by atoms with van der Waals surface area (Å²) in [5.41, 5.74) is 3.77. The van der Waals surface area contributed by atoms with Crippen molar-refractivity contribution >= 4 is 16.5 Å². The van der Waals surface area contributed by atoms with Gasteiger partial charge in [0.25, 0.3) is 0 Å². The van der Waals surface area contributed by atoms with Gasteiger partial charge < -0.3 is 9.80 Å². The smallest absolute Gasteiger partial charge is 0.186 e. The maximum atomic E-state index is 4.93. The third-order valence-electron chi connectivity index (χ3n) is 4.41. The minimum atomic E-state index is 0.575. The van der Waals surface area contributed by atoms with Crippen LogP contribution in [-0.2, 0) is 0 Å². The number of rotatable bonds is 3. The molecule has 0 radical (unpaired) electrons. The quantitative estimate of drug-likeness (QED) is 0.853. The lowest BCUT2D eigenvalue weighted by Gasteiger charge is -2.32. The number of hydrogen-bond acceptors (Lipinski definition) is 4. The Balaban J connectivity index is 1.83. The Morgan fingerprint density at radius 3 is 2.27 bits per heavy atom. The van der Waals surface area contributed by atoms with Gasteiger partial charge in [0, 0.05) is 36.6 Å². The van der Waals surface area contributed by atoms with Crippen LogP contribution in [0.15, 0.2) is 24.3 Å². The fraction of sp³-hybridized carbons (Fsp3) is 0.500. The van der Waals surface area contributed by atoms with Crippen LogP contribution >= 0.6 is 11.3 Å². The summed E-state index contributed by atoms with van der Waals surface area (Å²) in [6.07, 6.45) is 0. The molecule has 0 aliphatic carbocycles. The summed E-state index contributed by atoms with van der Waals surface area (Å²) in [4.78, 5) is 11.0. The summed E-state index contributed by atoms with van der Waals surface area (Å²) in [5.74, 6) is 0.575. The lowest BCUT2D eigenvalue weighted by atomic mass is 10.0. The predicted molar refractivity (Wildman–Crippen MR) is 96.1 cm³/mol. The van der Waals surface area contributed by atoms with Crippen molar-refractivity contribution in [3.8, 4) is 11.3 Å². The zero-order chi connectivity index (χ0) is 15.7. The largest absolute Gasteiger partial charge is 0.346 e. The highest BCUT2D eigenvalue weighted by Crippen LogP contribution is 2.33. The van der Waals surface area contributed by atoms with Crippen LogP contribution in [0, 0.1) is 6.92 Å². The van der Waals surface area contributed by atoms with Gasteiger partial charge in [0.05, 0.1) is 5.69 Å². The van der Waals surface area contributed by atoms with Crippen LogP contribution in [0.4, 0.5) is 5.13 Å². The van der Waals surface area contributed by atoms with E-state index in [9.17, 15) is 0 Å². The number of aromatic nitrogens is 1. The van der Waals surface area contributed by atoms with E-state index in [0.29, 0.717) is 5.92 Å². The van der Waals surface area contributed by atoms with Gasteiger partial charge in [0.15, 0.2) is 5.13 Å². The van der Waals surface area contributed by atoms with Crippen LogP contribution < -0.4 is 4.90 Å². The first-order valence-corrected chi connectivity index (χ1v) is 8.87. The van der Waals surface area contributed by atoms with Crippen LogP contribution in [-0.4, -0.2) is 43.1 Å². The normalized spacial score (nSPS) is 16.5. The van der Waals surface area contributed by atoms with Gasteiger partial charge in [-0.05, 0) is 25.5 Å². The molecule has 1 aliphatic heterocycles. The molecule has 1 aliphatic rings. The van der Waals surface area contributed by atoms with E-state index >= 15 is 0 Å². The average molecular weight is 315 g/mol. The lowest BCUT2D eigenvalue weighted by molar-refractivity contribution is 0.313. The van der Waals surface area contributed by atoms with Gasteiger partial charge in [-0.15, -0.1) is 11.3 Å². The van der Waals surface area contributed by atoms with Crippen molar-refractivity contribution in [1.29, 1.82) is 0 Å². The highest BCUT2D eigenvalue weighted by molar-refractivity contribution is 7.16. The summed E-state index contributed by atoms with van der Waals surface area (Å²) >= 11 is 1.82. The molecule has 118 valence electrons. The molecule has 1 fully saturated rings. The van der Waals surface area contributed by atoms with Crippen LogP contribution in [0.2, 0.25) is 0 Å². The topological polar surface area (TPSA) is 19.4 Å². The van der Waals surface area contributed by atoms with E-state index in [1.165, 1.54) is 21.1 Å². The van der Waals surface area contributed by atoms with Gasteiger partial charge in [-0.3, -0.25) is 0 Å². The van der Waals surface area contributed by atoms with E-state index in [2.05, 4.69) is 61.9 Å². The molecule has 1 saturated heterocycles. The van der Waals surface area contributed by atoms with Gasteiger partial charge in [-0.2, -0.15) is 0 Å². The van der Waals surface area contributed by atoms with E-state index in [1.54, 1.807) is 0 Å². The van der Waals surface area contributed by atoms with Crippen LogP contribution in [0.5, 0.6) is 0 Å². The zero-order valence-corrected chi connectivity index (χ0v) is 14.8. The summed E-state index contributed by atoms with van der Waals surface area (Å²) in [5, 5.41) is 1.17. The summed E-state index contributed by atoms with van der Waals surface area (Å²) < 4.78 is 0. The molecule has 0 saturated carbocycles. The second kappa shape index (κ2) is 6.39. The van der Waals surface area contributed by atoms with Crippen molar-refractivity contribution in [3.63, 3.8) is 0 Å². The van der Waals surface area contributed by atoms with E-state index in [1.807, 2.05) is 11.3 Å². The SMILES string of the molecule is Cc1sc(N2CCN(C)CC2)nc1-c1ccc(C(C)C)cc1. The number of nitrogens with zero attached hydrogens (tertiary/aromatic N) is 3. The molecule has 2 aromatic rings. The molecule has 3 rings (SSSR count). The fourth-order valence-corrected chi connectivity index (χ4v) is 3.79. The van der Waals surface area contributed by atoms with E-state index in [0.717, 1.165) is 31.9 Å². The molecule has 22 heavy (non-hydrogen) atoms.